The molecule has 7 heteroatoms. The summed E-state index contributed by atoms with van der Waals surface area (Å²) >= 11 is 6.59. The van der Waals surface area contributed by atoms with Crippen molar-refractivity contribution in [3.05, 3.63) is 27.1 Å². The van der Waals surface area contributed by atoms with Crippen molar-refractivity contribution in [2.24, 2.45) is 0 Å². The lowest BCUT2D eigenvalue weighted by atomic mass is 10.3. The molecule has 0 radical (unpaired) electrons. The fourth-order valence-electron chi connectivity index (χ4n) is 1.04. The summed E-state index contributed by atoms with van der Waals surface area (Å²) in [7, 11) is -1.60. The third kappa shape index (κ3) is 4.04. The Labute approximate surface area is 112 Å². The van der Waals surface area contributed by atoms with Crippen LogP contribution in [0.15, 0.2) is 27.1 Å². The van der Waals surface area contributed by atoms with E-state index in [9.17, 15) is 8.42 Å². The lowest BCUT2D eigenvalue weighted by Crippen LogP contribution is -2.24. The SMILES string of the molecule is CNCCS(=O)(=O)Nc1c(Br)cccc1Br. The van der Waals surface area contributed by atoms with Crippen LogP contribution in [-0.4, -0.2) is 27.8 Å². The number of rotatable bonds is 5. The minimum absolute atomic E-state index is 0.0390. The number of nitrogens with one attached hydrogen (secondary N) is 2. The summed E-state index contributed by atoms with van der Waals surface area (Å²) in [6.45, 7) is 0.414. The van der Waals surface area contributed by atoms with Crippen LogP contribution in [0.2, 0.25) is 0 Å². The van der Waals surface area contributed by atoms with Crippen molar-refractivity contribution in [2.45, 2.75) is 0 Å². The average molecular weight is 372 g/mol. The first kappa shape index (κ1) is 14.0. The normalized spacial score (nSPS) is 11.4. The summed E-state index contributed by atoms with van der Waals surface area (Å²) in [4.78, 5) is 0. The molecule has 0 saturated heterocycles. The van der Waals surface area contributed by atoms with Gasteiger partial charge in [-0.25, -0.2) is 8.42 Å². The maximum atomic E-state index is 11.7. The van der Waals surface area contributed by atoms with Crippen molar-refractivity contribution in [2.75, 3.05) is 24.1 Å². The number of anilines is 1. The standard InChI is InChI=1S/C9H12Br2N2O2S/c1-12-5-6-16(14,15)13-9-7(10)3-2-4-8(9)11/h2-4,12-13H,5-6H2,1H3. The number of sulfonamides is 1. The molecule has 0 fully saturated rings. The number of hydrogen-bond donors (Lipinski definition) is 2. The molecule has 0 heterocycles. The van der Waals surface area contributed by atoms with Crippen LogP contribution in [0.25, 0.3) is 0 Å². The molecule has 0 amide bonds. The van der Waals surface area contributed by atoms with Gasteiger partial charge in [0.25, 0.3) is 0 Å². The molecule has 0 saturated carbocycles. The summed E-state index contributed by atoms with van der Waals surface area (Å²) in [5, 5.41) is 2.80. The lowest BCUT2D eigenvalue weighted by Gasteiger charge is -2.11. The van der Waals surface area contributed by atoms with Gasteiger partial charge in [0.1, 0.15) is 0 Å². The topological polar surface area (TPSA) is 58.2 Å². The lowest BCUT2D eigenvalue weighted by molar-refractivity contribution is 0.598. The van der Waals surface area contributed by atoms with Gasteiger partial charge >= 0.3 is 0 Å². The molecular weight excluding hydrogens is 360 g/mol. The van der Waals surface area contributed by atoms with Crippen molar-refractivity contribution in [1.29, 1.82) is 0 Å². The molecule has 4 nitrogen and oxygen atoms in total. The van der Waals surface area contributed by atoms with E-state index in [-0.39, 0.29) is 5.75 Å². The van der Waals surface area contributed by atoms with Crippen molar-refractivity contribution in [1.82, 2.24) is 5.32 Å². The van der Waals surface area contributed by atoms with Gasteiger partial charge in [0.2, 0.25) is 10.0 Å². The highest BCUT2D eigenvalue weighted by Crippen LogP contribution is 2.31. The highest BCUT2D eigenvalue weighted by atomic mass is 79.9. The first-order valence-electron chi connectivity index (χ1n) is 4.55. The highest BCUT2D eigenvalue weighted by Gasteiger charge is 2.13. The second kappa shape index (κ2) is 6.00. The number of benzene rings is 1. The van der Waals surface area contributed by atoms with Crippen LogP contribution in [0.5, 0.6) is 0 Å². The van der Waals surface area contributed by atoms with Crippen molar-refractivity contribution >= 4 is 47.6 Å². The van der Waals surface area contributed by atoms with Gasteiger partial charge in [-0.2, -0.15) is 0 Å². The zero-order valence-electron chi connectivity index (χ0n) is 8.63. The smallest absolute Gasteiger partial charge is 0.234 e. The molecule has 2 N–H and O–H groups in total. The van der Waals surface area contributed by atoms with Crippen molar-refractivity contribution < 1.29 is 8.42 Å². The molecule has 1 aromatic rings. The summed E-state index contributed by atoms with van der Waals surface area (Å²) < 4.78 is 27.3. The van der Waals surface area contributed by atoms with Crippen LogP contribution >= 0.6 is 31.9 Å². The van der Waals surface area contributed by atoms with Crippen LogP contribution < -0.4 is 10.0 Å². The largest absolute Gasteiger partial charge is 0.319 e. The summed E-state index contributed by atoms with van der Waals surface area (Å²) in [6, 6.07) is 5.38. The minimum Gasteiger partial charge on any atom is -0.319 e. The van der Waals surface area contributed by atoms with Crippen LogP contribution in [0.1, 0.15) is 0 Å². The van der Waals surface area contributed by atoms with E-state index in [4.69, 9.17) is 0 Å². The van der Waals surface area contributed by atoms with Crippen LogP contribution in [0.4, 0.5) is 5.69 Å². The van der Waals surface area contributed by atoms with E-state index in [1.807, 2.05) is 6.07 Å². The summed E-state index contributed by atoms with van der Waals surface area (Å²) in [6.07, 6.45) is 0. The molecule has 0 aromatic heterocycles. The van der Waals surface area contributed by atoms with E-state index >= 15 is 0 Å². The van der Waals surface area contributed by atoms with Gasteiger partial charge in [-0.05, 0) is 51.0 Å². The predicted molar refractivity (Wildman–Crippen MR) is 73.2 cm³/mol. The Bertz CT molecular complexity index is 442. The molecule has 0 aliphatic carbocycles. The quantitative estimate of drug-likeness (QED) is 0.833. The first-order valence-corrected chi connectivity index (χ1v) is 7.79. The molecular formula is C9H12Br2N2O2S. The van der Waals surface area contributed by atoms with E-state index in [2.05, 4.69) is 41.9 Å². The molecule has 0 aliphatic rings. The average Bonchev–Trinajstić information content (AvgIpc) is 2.21. The Balaban J connectivity index is 2.88. The van der Waals surface area contributed by atoms with E-state index in [0.717, 1.165) is 0 Å². The predicted octanol–water partition coefficient (Wildman–Crippen LogP) is 2.17. The number of halogens is 2. The van der Waals surface area contributed by atoms with Gasteiger partial charge in [0.05, 0.1) is 11.4 Å². The van der Waals surface area contributed by atoms with E-state index in [1.54, 1.807) is 19.2 Å². The van der Waals surface area contributed by atoms with Crippen molar-refractivity contribution in [3.63, 3.8) is 0 Å². The monoisotopic (exact) mass is 370 g/mol. The maximum absolute atomic E-state index is 11.7. The molecule has 0 bridgehead atoms. The van der Waals surface area contributed by atoms with E-state index in [0.29, 0.717) is 21.2 Å². The number of hydrogen-bond acceptors (Lipinski definition) is 3. The molecule has 0 aliphatic heterocycles. The third-order valence-corrected chi connectivity index (χ3v) is 4.42. The van der Waals surface area contributed by atoms with Crippen molar-refractivity contribution in [3.8, 4) is 0 Å². The maximum Gasteiger partial charge on any atom is 0.234 e. The van der Waals surface area contributed by atoms with Crippen LogP contribution in [0.3, 0.4) is 0 Å². The highest BCUT2D eigenvalue weighted by molar-refractivity contribution is 9.11. The fourth-order valence-corrected chi connectivity index (χ4v) is 3.60. The zero-order chi connectivity index (χ0) is 12.2. The Morgan fingerprint density at radius 2 is 1.81 bits per heavy atom. The molecule has 0 atom stereocenters. The molecule has 1 rings (SSSR count). The van der Waals surface area contributed by atoms with Gasteiger partial charge in [-0.1, -0.05) is 6.07 Å². The first-order chi connectivity index (χ1) is 7.46. The zero-order valence-corrected chi connectivity index (χ0v) is 12.6. The van der Waals surface area contributed by atoms with Gasteiger partial charge in [-0.15, -0.1) is 0 Å². The van der Waals surface area contributed by atoms with Gasteiger partial charge in [0.15, 0.2) is 0 Å². The Morgan fingerprint density at radius 1 is 1.25 bits per heavy atom. The molecule has 16 heavy (non-hydrogen) atoms. The number of para-hydroxylation sites is 1. The Hall–Kier alpha value is -0.110. The van der Waals surface area contributed by atoms with Gasteiger partial charge in [-0.3, -0.25) is 4.72 Å². The molecule has 0 unspecified atom stereocenters. The molecule has 1 aromatic carbocycles. The van der Waals surface area contributed by atoms with E-state index in [1.165, 1.54) is 0 Å². The molecule has 0 spiro atoms. The summed E-state index contributed by atoms with van der Waals surface area (Å²) in [5.41, 5.74) is 0.526. The molecule has 90 valence electrons. The second-order valence-corrected chi connectivity index (χ2v) is 6.67. The van der Waals surface area contributed by atoms with E-state index < -0.39 is 10.0 Å². The third-order valence-electron chi connectivity index (χ3n) is 1.84. The Morgan fingerprint density at radius 3 is 2.31 bits per heavy atom. The van der Waals surface area contributed by atoms with Gasteiger partial charge < -0.3 is 5.32 Å². The van der Waals surface area contributed by atoms with Gasteiger partial charge in [0, 0.05) is 15.5 Å². The Kier molecular flexibility index (Phi) is 5.23. The van der Waals surface area contributed by atoms with Crippen LogP contribution in [0, 0.1) is 0 Å². The van der Waals surface area contributed by atoms with Crippen LogP contribution in [-0.2, 0) is 10.0 Å². The fraction of sp³-hybridized carbons (Fsp3) is 0.333. The second-order valence-electron chi connectivity index (χ2n) is 3.12. The minimum atomic E-state index is -3.31. The summed E-state index contributed by atoms with van der Waals surface area (Å²) in [5.74, 6) is 0.0390.